The fourth-order valence-corrected chi connectivity index (χ4v) is 2.85. The lowest BCUT2D eigenvalue weighted by atomic mass is 10.1. The summed E-state index contributed by atoms with van der Waals surface area (Å²) < 4.78 is 0. The van der Waals surface area contributed by atoms with Gasteiger partial charge in [0.15, 0.2) is 0 Å². The van der Waals surface area contributed by atoms with Gasteiger partial charge < -0.3 is 5.73 Å². The molecule has 0 saturated heterocycles. The molecular weight excluding hydrogens is 228 g/mol. The molecule has 0 aliphatic rings. The van der Waals surface area contributed by atoms with E-state index in [1.165, 1.54) is 25.1 Å². The Morgan fingerprint density at radius 1 is 1.12 bits per heavy atom. The second-order valence-electron chi connectivity index (χ2n) is 5.36. The zero-order valence-corrected chi connectivity index (χ0v) is 13.2. The lowest BCUT2D eigenvalue weighted by Crippen LogP contribution is -2.45. The van der Waals surface area contributed by atoms with Crippen molar-refractivity contribution in [3.63, 3.8) is 0 Å². The molecule has 104 valence electrons. The van der Waals surface area contributed by atoms with Gasteiger partial charge in [-0.3, -0.25) is 4.90 Å². The van der Waals surface area contributed by atoms with Crippen molar-refractivity contribution in [2.24, 2.45) is 11.7 Å². The minimum atomic E-state index is 0.335. The third kappa shape index (κ3) is 8.06. The van der Waals surface area contributed by atoms with Crippen molar-refractivity contribution in [2.75, 3.05) is 25.1 Å². The molecule has 0 aromatic heterocycles. The van der Waals surface area contributed by atoms with E-state index in [1.807, 2.05) is 11.8 Å². The number of nitrogens with two attached hydrogens (primary N) is 1. The summed E-state index contributed by atoms with van der Waals surface area (Å²) in [5.41, 5.74) is 6.23. The monoisotopic (exact) mass is 260 g/mol. The predicted octanol–water partition coefficient (Wildman–Crippen LogP) is 3.21. The second-order valence-corrected chi connectivity index (χ2v) is 6.35. The molecule has 0 heterocycles. The summed E-state index contributed by atoms with van der Waals surface area (Å²) in [5.74, 6) is 1.91. The Kier molecular flexibility index (Phi) is 10.4. The number of rotatable bonds is 10. The Morgan fingerprint density at radius 3 is 2.12 bits per heavy atom. The number of hydrogen-bond donors (Lipinski definition) is 1. The third-order valence-corrected chi connectivity index (χ3v) is 3.86. The average molecular weight is 260 g/mol. The summed E-state index contributed by atoms with van der Waals surface area (Å²) >= 11 is 1.89. The molecule has 0 aromatic rings. The Labute approximate surface area is 113 Å². The minimum Gasteiger partial charge on any atom is -0.327 e. The van der Waals surface area contributed by atoms with Gasteiger partial charge >= 0.3 is 0 Å². The molecule has 0 bridgehead atoms. The molecule has 0 saturated carbocycles. The molecular formula is C14H32N2S. The number of hydrogen-bond acceptors (Lipinski definition) is 3. The van der Waals surface area contributed by atoms with Crippen molar-refractivity contribution in [1.82, 2.24) is 4.90 Å². The molecule has 0 radical (unpaired) electrons. The van der Waals surface area contributed by atoms with Gasteiger partial charge in [-0.05, 0) is 37.2 Å². The summed E-state index contributed by atoms with van der Waals surface area (Å²) in [7, 11) is 0. The fraction of sp³-hybridized carbons (Fsp3) is 1.00. The van der Waals surface area contributed by atoms with Crippen molar-refractivity contribution in [3.05, 3.63) is 0 Å². The summed E-state index contributed by atoms with van der Waals surface area (Å²) in [6, 6.07) is 1.04. The van der Waals surface area contributed by atoms with Crippen LogP contribution in [0.2, 0.25) is 0 Å². The van der Waals surface area contributed by atoms with E-state index in [0.29, 0.717) is 12.1 Å². The van der Waals surface area contributed by atoms with Crippen LogP contribution in [0.25, 0.3) is 0 Å². The van der Waals surface area contributed by atoms with Crippen LogP contribution in [0.15, 0.2) is 0 Å². The zero-order chi connectivity index (χ0) is 13.3. The summed E-state index contributed by atoms with van der Waals surface area (Å²) in [6.45, 7) is 11.4. The molecule has 0 aliphatic carbocycles. The normalized spacial score (nSPS) is 13.9. The highest BCUT2D eigenvalue weighted by atomic mass is 32.2. The summed E-state index contributed by atoms with van der Waals surface area (Å²) in [6.07, 6.45) is 5.76. The van der Waals surface area contributed by atoms with E-state index in [-0.39, 0.29) is 0 Å². The Balaban J connectivity index is 4.25. The lowest BCUT2D eigenvalue weighted by molar-refractivity contribution is 0.155. The predicted molar refractivity (Wildman–Crippen MR) is 81.8 cm³/mol. The van der Waals surface area contributed by atoms with Crippen molar-refractivity contribution < 1.29 is 0 Å². The molecule has 1 atom stereocenters. The summed E-state index contributed by atoms with van der Waals surface area (Å²) in [5, 5.41) is 0. The van der Waals surface area contributed by atoms with Crippen LogP contribution in [0.1, 0.15) is 47.0 Å². The molecule has 0 amide bonds. The van der Waals surface area contributed by atoms with Gasteiger partial charge in [0.1, 0.15) is 0 Å². The molecule has 2 N–H and O–H groups in total. The standard InChI is InChI=1S/C14H32N2S/c1-6-14(7-2)16(10-12(3)4)11-13(15)8-9-17-5/h12-14H,6-11,15H2,1-5H3/t13-/m0/s1. The van der Waals surface area contributed by atoms with Crippen molar-refractivity contribution in [2.45, 2.75) is 59.0 Å². The molecule has 0 unspecified atom stereocenters. The first-order valence-corrected chi connectivity index (χ1v) is 8.42. The van der Waals surface area contributed by atoms with Gasteiger partial charge in [0.2, 0.25) is 0 Å². The lowest BCUT2D eigenvalue weighted by Gasteiger charge is -2.34. The van der Waals surface area contributed by atoms with Crippen LogP contribution in [0.4, 0.5) is 0 Å². The van der Waals surface area contributed by atoms with Crippen LogP contribution in [0, 0.1) is 5.92 Å². The van der Waals surface area contributed by atoms with Gasteiger partial charge in [-0.1, -0.05) is 27.7 Å². The van der Waals surface area contributed by atoms with E-state index in [2.05, 4.69) is 38.9 Å². The van der Waals surface area contributed by atoms with Gasteiger partial charge in [0.25, 0.3) is 0 Å². The van der Waals surface area contributed by atoms with Crippen molar-refractivity contribution >= 4 is 11.8 Å². The van der Waals surface area contributed by atoms with E-state index in [9.17, 15) is 0 Å². The molecule has 17 heavy (non-hydrogen) atoms. The maximum atomic E-state index is 6.23. The van der Waals surface area contributed by atoms with Crippen LogP contribution in [-0.4, -0.2) is 42.1 Å². The zero-order valence-electron chi connectivity index (χ0n) is 12.4. The van der Waals surface area contributed by atoms with Crippen molar-refractivity contribution in [1.29, 1.82) is 0 Å². The van der Waals surface area contributed by atoms with Crippen molar-refractivity contribution in [3.8, 4) is 0 Å². The first-order valence-electron chi connectivity index (χ1n) is 7.03. The Hall–Kier alpha value is 0.270. The van der Waals surface area contributed by atoms with Crippen LogP contribution in [-0.2, 0) is 0 Å². The highest BCUT2D eigenvalue weighted by Gasteiger charge is 2.18. The molecule has 2 nitrogen and oxygen atoms in total. The Morgan fingerprint density at radius 2 is 1.71 bits per heavy atom. The molecule has 0 fully saturated rings. The van der Waals surface area contributed by atoms with E-state index < -0.39 is 0 Å². The van der Waals surface area contributed by atoms with Gasteiger partial charge in [0.05, 0.1) is 0 Å². The third-order valence-electron chi connectivity index (χ3n) is 3.22. The maximum absolute atomic E-state index is 6.23. The number of thioether (sulfide) groups is 1. The van der Waals surface area contributed by atoms with Crippen LogP contribution >= 0.6 is 11.8 Å². The van der Waals surface area contributed by atoms with Gasteiger partial charge in [-0.2, -0.15) is 11.8 Å². The maximum Gasteiger partial charge on any atom is 0.0175 e. The van der Waals surface area contributed by atoms with E-state index in [1.54, 1.807) is 0 Å². The summed E-state index contributed by atoms with van der Waals surface area (Å²) in [4.78, 5) is 2.61. The fourth-order valence-electron chi connectivity index (χ4n) is 2.31. The topological polar surface area (TPSA) is 29.3 Å². The Bertz CT molecular complexity index is 170. The van der Waals surface area contributed by atoms with Gasteiger partial charge in [0, 0.05) is 25.2 Å². The van der Waals surface area contributed by atoms with Crippen LogP contribution < -0.4 is 5.73 Å². The average Bonchev–Trinajstić information content (AvgIpc) is 2.27. The molecule has 0 rings (SSSR count). The van der Waals surface area contributed by atoms with Gasteiger partial charge in [-0.25, -0.2) is 0 Å². The molecule has 0 aliphatic heterocycles. The first-order chi connectivity index (χ1) is 8.04. The highest BCUT2D eigenvalue weighted by molar-refractivity contribution is 7.98. The van der Waals surface area contributed by atoms with E-state index in [4.69, 9.17) is 5.73 Å². The van der Waals surface area contributed by atoms with Crippen LogP contribution in [0.3, 0.4) is 0 Å². The second kappa shape index (κ2) is 10.2. The highest BCUT2D eigenvalue weighted by Crippen LogP contribution is 2.13. The largest absolute Gasteiger partial charge is 0.327 e. The van der Waals surface area contributed by atoms with E-state index >= 15 is 0 Å². The molecule has 0 aromatic carbocycles. The van der Waals surface area contributed by atoms with E-state index in [0.717, 1.165) is 18.9 Å². The van der Waals surface area contributed by atoms with Gasteiger partial charge in [-0.15, -0.1) is 0 Å². The number of nitrogens with zero attached hydrogens (tertiary/aromatic N) is 1. The van der Waals surface area contributed by atoms with Crippen LogP contribution in [0.5, 0.6) is 0 Å². The SMILES string of the molecule is CCC(CC)N(CC(C)C)C[C@@H](N)CCSC. The first kappa shape index (κ1) is 17.3. The quantitative estimate of drug-likeness (QED) is 0.654. The minimum absolute atomic E-state index is 0.335. The smallest absolute Gasteiger partial charge is 0.0175 e. The molecule has 0 spiro atoms. The molecule has 3 heteroatoms.